The van der Waals surface area contributed by atoms with Crippen molar-refractivity contribution in [1.82, 2.24) is 24.7 Å². The van der Waals surface area contributed by atoms with Gasteiger partial charge in [0.2, 0.25) is 5.82 Å². The number of fused-ring (bicyclic) bond motifs is 2. The maximum Gasteiger partial charge on any atom is 0.298 e. The molecule has 9 heteroatoms. The highest BCUT2D eigenvalue weighted by atomic mass is 35.5. The molecule has 146 valence electrons. The van der Waals surface area contributed by atoms with Gasteiger partial charge in [-0.25, -0.2) is 4.98 Å². The third-order valence-corrected chi connectivity index (χ3v) is 6.55. The number of rotatable bonds is 4. The number of anilines is 1. The Kier molecular flexibility index (Phi) is 4.52. The van der Waals surface area contributed by atoms with E-state index in [1.807, 2.05) is 41.8 Å². The first-order valence-electron chi connectivity index (χ1n) is 9.31. The molecule has 0 saturated carbocycles. The highest BCUT2D eigenvalue weighted by molar-refractivity contribution is 7.23. The average molecular weight is 425 g/mol. The SMILES string of the molecule is Cc1ccc(Cl)c2sc(N(Cc3ccccn3)C(=O)c3nnc4n3CCC4)nc12. The van der Waals surface area contributed by atoms with E-state index in [1.165, 1.54) is 11.3 Å². The summed E-state index contributed by atoms with van der Waals surface area (Å²) < 4.78 is 2.77. The fraction of sp³-hybridized carbons (Fsp3) is 0.250. The van der Waals surface area contributed by atoms with Crippen molar-refractivity contribution in [3.63, 3.8) is 0 Å². The second-order valence-corrected chi connectivity index (χ2v) is 8.33. The van der Waals surface area contributed by atoms with E-state index in [4.69, 9.17) is 16.6 Å². The van der Waals surface area contributed by atoms with E-state index < -0.39 is 0 Å². The van der Waals surface area contributed by atoms with Crippen LogP contribution in [0.2, 0.25) is 5.02 Å². The summed E-state index contributed by atoms with van der Waals surface area (Å²) >= 11 is 7.79. The molecule has 4 heterocycles. The van der Waals surface area contributed by atoms with Gasteiger partial charge in [0.05, 0.1) is 27.5 Å². The molecule has 0 saturated heterocycles. The first-order chi connectivity index (χ1) is 14.1. The lowest BCUT2D eigenvalue weighted by molar-refractivity contribution is 0.0970. The van der Waals surface area contributed by atoms with Crippen LogP contribution in [-0.4, -0.2) is 30.6 Å². The van der Waals surface area contributed by atoms with Crippen molar-refractivity contribution in [2.24, 2.45) is 0 Å². The van der Waals surface area contributed by atoms with Gasteiger partial charge in [-0.1, -0.05) is 35.1 Å². The Morgan fingerprint density at radius 1 is 1.28 bits per heavy atom. The number of carbonyl (C=O) groups is 1. The van der Waals surface area contributed by atoms with Crippen molar-refractivity contribution in [2.45, 2.75) is 32.9 Å². The predicted molar refractivity (Wildman–Crippen MR) is 112 cm³/mol. The van der Waals surface area contributed by atoms with Gasteiger partial charge < -0.3 is 4.57 Å². The molecule has 0 radical (unpaired) electrons. The van der Waals surface area contributed by atoms with Gasteiger partial charge in [0.15, 0.2) is 5.13 Å². The van der Waals surface area contributed by atoms with Crippen molar-refractivity contribution in [2.75, 3.05) is 4.90 Å². The average Bonchev–Trinajstić information content (AvgIpc) is 3.45. The highest BCUT2D eigenvalue weighted by Crippen LogP contribution is 2.36. The number of nitrogens with zero attached hydrogens (tertiary/aromatic N) is 6. The van der Waals surface area contributed by atoms with Crippen LogP contribution in [-0.2, 0) is 19.5 Å². The van der Waals surface area contributed by atoms with E-state index in [2.05, 4.69) is 15.2 Å². The third-order valence-electron chi connectivity index (χ3n) is 5.01. The van der Waals surface area contributed by atoms with Crippen molar-refractivity contribution in [3.8, 4) is 0 Å². The van der Waals surface area contributed by atoms with Gasteiger partial charge in [-0.3, -0.25) is 14.7 Å². The standard InChI is InChI=1S/C20H17ClN6OS/c1-12-7-8-14(21)17-16(12)23-20(29-17)27(11-13-5-2-3-9-22-13)19(28)18-25-24-15-6-4-10-26(15)18/h2-3,5,7-9H,4,6,10-11H2,1H3. The summed E-state index contributed by atoms with van der Waals surface area (Å²) in [6.07, 6.45) is 3.53. The Labute approximate surface area is 176 Å². The van der Waals surface area contributed by atoms with Crippen LogP contribution in [0.4, 0.5) is 5.13 Å². The first-order valence-corrected chi connectivity index (χ1v) is 10.5. The molecule has 29 heavy (non-hydrogen) atoms. The van der Waals surface area contributed by atoms with Gasteiger partial charge in [-0.2, -0.15) is 0 Å². The molecule has 0 aliphatic carbocycles. The van der Waals surface area contributed by atoms with Gasteiger partial charge in [-0.15, -0.1) is 10.2 Å². The summed E-state index contributed by atoms with van der Waals surface area (Å²) in [7, 11) is 0. The monoisotopic (exact) mass is 424 g/mol. The summed E-state index contributed by atoms with van der Waals surface area (Å²) in [5.41, 5.74) is 2.59. The molecule has 0 unspecified atom stereocenters. The van der Waals surface area contributed by atoms with Crippen LogP contribution in [0.25, 0.3) is 10.2 Å². The summed E-state index contributed by atoms with van der Waals surface area (Å²) in [6, 6.07) is 9.43. The lowest BCUT2D eigenvalue weighted by Gasteiger charge is -2.19. The molecule has 1 aliphatic heterocycles. The molecule has 1 amide bonds. The number of halogens is 1. The minimum absolute atomic E-state index is 0.232. The molecule has 0 atom stereocenters. The molecule has 3 aromatic heterocycles. The van der Waals surface area contributed by atoms with Crippen molar-refractivity contribution < 1.29 is 4.79 Å². The van der Waals surface area contributed by atoms with E-state index >= 15 is 0 Å². The molecular weight excluding hydrogens is 408 g/mol. The van der Waals surface area contributed by atoms with E-state index in [0.717, 1.165) is 46.7 Å². The summed E-state index contributed by atoms with van der Waals surface area (Å²) in [5, 5.41) is 9.55. The van der Waals surface area contributed by atoms with Crippen LogP contribution in [0.5, 0.6) is 0 Å². The fourth-order valence-electron chi connectivity index (χ4n) is 3.52. The third kappa shape index (κ3) is 3.18. The minimum atomic E-state index is -0.232. The van der Waals surface area contributed by atoms with Crippen molar-refractivity contribution in [3.05, 3.63) is 64.5 Å². The Balaban J connectivity index is 1.61. The van der Waals surface area contributed by atoms with Crippen LogP contribution >= 0.6 is 22.9 Å². The largest absolute Gasteiger partial charge is 0.307 e. The number of aryl methyl sites for hydroxylation is 2. The maximum atomic E-state index is 13.5. The smallest absolute Gasteiger partial charge is 0.298 e. The lowest BCUT2D eigenvalue weighted by Crippen LogP contribution is -2.33. The van der Waals surface area contributed by atoms with Crippen LogP contribution in [0.3, 0.4) is 0 Å². The number of carbonyl (C=O) groups excluding carboxylic acids is 1. The summed E-state index contributed by atoms with van der Waals surface area (Å²) in [6.45, 7) is 3.03. The molecular formula is C20H17ClN6OS. The Morgan fingerprint density at radius 3 is 2.97 bits per heavy atom. The number of amides is 1. The number of hydrogen-bond donors (Lipinski definition) is 0. The van der Waals surface area contributed by atoms with E-state index in [-0.39, 0.29) is 5.91 Å². The molecule has 7 nitrogen and oxygen atoms in total. The quantitative estimate of drug-likeness (QED) is 0.494. The first kappa shape index (κ1) is 18.2. The normalized spacial score (nSPS) is 13.0. The van der Waals surface area contributed by atoms with Crippen LogP contribution in [0, 0.1) is 6.92 Å². The minimum Gasteiger partial charge on any atom is -0.307 e. The fourth-order valence-corrected chi connectivity index (χ4v) is 4.83. The van der Waals surface area contributed by atoms with E-state index in [0.29, 0.717) is 22.5 Å². The number of pyridine rings is 1. The highest BCUT2D eigenvalue weighted by Gasteiger charge is 2.29. The topological polar surface area (TPSA) is 76.8 Å². The molecule has 1 aliphatic rings. The molecule has 0 bridgehead atoms. The Bertz CT molecular complexity index is 1180. The molecule has 0 fully saturated rings. The van der Waals surface area contributed by atoms with Crippen LogP contribution < -0.4 is 4.90 Å². The van der Waals surface area contributed by atoms with Crippen molar-refractivity contribution in [1.29, 1.82) is 0 Å². The molecule has 0 spiro atoms. The van der Waals surface area contributed by atoms with Gasteiger partial charge in [-0.05, 0) is 37.1 Å². The summed E-state index contributed by atoms with van der Waals surface area (Å²) in [4.78, 5) is 24.3. The Hall–Kier alpha value is -2.84. The van der Waals surface area contributed by atoms with Gasteiger partial charge in [0, 0.05) is 19.2 Å². The van der Waals surface area contributed by atoms with Crippen LogP contribution in [0.1, 0.15) is 34.1 Å². The zero-order valence-corrected chi connectivity index (χ0v) is 17.2. The van der Waals surface area contributed by atoms with E-state index in [9.17, 15) is 4.79 Å². The number of thiazole rings is 1. The molecule has 0 N–H and O–H groups in total. The number of benzene rings is 1. The lowest BCUT2D eigenvalue weighted by atomic mass is 10.2. The summed E-state index contributed by atoms with van der Waals surface area (Å²) in [5.74, 6) is 0.967. The second kappa shape index (κ2) is 7.20. The van der Waals surface area contributed by atoms with Gasteiger partial charge in [0.1, 0.15) is 5.82 Å². The molecule has 1 aromatic carbocycles. The van der Waals surface area contributed by atoms with Crippen LogP contribution in [0.15, 0.2) is 36.5 Å². The number of aromatic nitrogens is 5. The molecule has 5 rings (SSSR count). The maximum absolute atomic E-state index is 13.5. The zero-order valence-electron chi connectivity index (χ0n) is 15.7. The van der Waals surface area contributed by atoms with Crippen molar-refractivity contribution >= 4 is 44.2 Å². The van der Waals surface area contributed by atoms with Gasteiger partial charge >= 0.3 is 0 Å². The number of hydrogen-bond acceptors (Lipinski definition) is 6. The van der Waals surface area contributed by atoms with E-state index in [1.54, 1.807) is 11.1 Å². The zero-order chi connectivity index (χ0) is 20.0. The molecule has 4 aromatic rings. The second-order valence-electron chi connectivity index (χ2n) is 6.95. The predicted octanol–water partition coefficient (Wildman–Crippen LogP) is 4.04. The Morgan fingerprint density at radius 2 is 2.17 bits per heavy atom. The van der Waals surface area contributed by atoms with Gasteiger partial charge in [0.25, 0.3) is 5.91 Å².